The number of rotatable bonds is 5. The molecular formula is C13H18BrN3O3. The van der Waals surface area contributed by atoms with Gasteiger partial charge in [0.15, 0.2) is 0 Å². The third kappa shape index (κ3) is 4.28. The van der Waals surface area contributed by atoms with Crippen LogP contribution in [-0.4, -0.2) is 16.9 Å². The van der Waals surface area contributed by atoms with Gasteiger partial charge in [-0.1, -0.05) is 13.8 Å². The van der Waals surface area contributed by atoms with Crippen molar-refractivity contribution in [3.05, 3.63) is 32.3 Å². The first-order chi connectivity index (χ1) is 9.22. The molecule has 0 aliphatic rings. The van der Waals surface area contributed by atoms with Crippen molar-refractivity contribution >= 4 is 33.2 Å². The fraction of sp³-hybridized carbons (Fsp3) is 0.462. The van der Waals surface area contributed by atoms with Gasteiger partial charge >= 0.3 is 0 Å². The van der Waals surface area contributed by atoms with Crippen LogP contribution in [0.3, 0.4) is 0 Å². The van der Waals surface area contributed by atoms with Crippen molar-refractivity contribution in [2.24, 2.45) is 11.7 Å². The van der Waals surface area contributed by atoms with Gasteiger partial charge in [0.2, 0.25) is 5.91 Å². The van der Waals surface area contributed by atoms with Gasteiger partial charge in [0.05, 0.1) is 10.6 Å². The Kier molecular flexibility index (Phi) is 5.64. The first-order valence-corrected chi connectivity index (χ1v) is 7.01. The van der Waals surface area contributed by atoms with Crippen molar-refractivity contribution < 1.29 is 9.72 Å². The number of carbonyl (C=O) groups excluding carboxylic acids is 1. The zero-order valence-electron chi connectivity index (χ0n) is 11.6. The molecule has 0 fully saturated rings. The average Bonchev–Trinajstić information content (AvgIpc) is 2.31. The van der Waals surface area contributed by atoms with Crippen LogP contribution in [-0.2, 0) is 4.79 Å². The summed E-state index contributed by atoms with van der Waals surface area (Å²) in [6, 6.07) is 2.71. The van der Waals surface area contributed by atoms with E-state index in [9.17, 15) is 14.9 Å². The van der Waals surface area contributed by atoms with Gasteiger partial charge in [-0.25, -0.2) is 0 Å². The molecule has 0 heterocycles. The molecule has 6 nitrogen and oxygen atoms in total. The highest BCUT2D eigenvalue weighted by Gasteiger charge is 2.17. The molecule has 1 rings (SSSR count). The molecule has 0 saturated heterocycles. The zero-order chi connectivity index (χ0) is 15.4. The SMILES string of the molecule is Cc1cc(Br)c(NC(=O)CC(N)C(C)C)cc1[N+](=O)[O-]. The Balaban J connectivity index is 2.90. The number of nitrogens with zero attached hydrogens (tertiary/aromatic N) is 1. The summed E-state index contributed by atoms with van der Waals surface area (Å²) in [5.41, 5.74) is 6.70. The van der Waals surface area contributed by atoms with Crippen molar-refractivity contribution in [1.82, 2.24) is 0 Å². The molecule has 0 aliphatic heterocycles. The Morgan fingerprint density at radius 1 is 1.50 bits per heavy atom. The van der Waals surface area contributed by atoms with Gasteiger partial charge in [-0.15, -0.1) is 0 Å². The van der Waals surface area contributed by atoms with Gasteiger partial charge in [0, 0.05) is 28.6 Å². The summed E-state index contributed by atoms with van der Waals surface area (Å²) in [5.74, 6) is -0.0680. The highest BCUT2D eigenvalue weighted by molar-refractivity contribution is 9.10. The summed E-state index contributed by atoms with van der Waals surface area (Å²) >= 11 is 3.29. The monoisotopic (exact) mass is 343 g/mol. The molecule has 0 spiro atoms. The molecule has 7 heteroatoms. The summed E-state index contributed by atoms with van der Waals surface area (Å²) in [6.45, 7) is 5.51. The quantitative estimate of drug-likeness (QED) is 0.634. The lowest BCUT2D eigenvalue weighted by atomic mass is 10.0. The van der Waals surface area contributed by atoms with E-state index in [1.807, 2.05) is 13.8 Å². The summed E-state index contributed by atoms with van der Waals surface area (Å²) in [6.07, 6.45) is 0.172. The number of hydrogen-bond acceptors (Lipinski definition) is 4. The largest absolute Gasteiger partial charge is 0.327 e. The number of nitro benzene ring substituents is 1. The lowest BCUT2D eigenvalue weighted by molar-refractivity contribution is -0.385. The van der Waals surface area contributed by atoms with Crippen molar-refractivity contribution in [1.29, 1.82) is 0 Å². The van der Waals surface area contributed by atoms with Crippen LogP contribution in [0.15, 0.2) is 16.6 Å². The molecule has 0 bridgehead atoms. The smallest absolute Gasteiger partial charge is 0.274 e. The van der Waals surface area contributed by atoms with Crippen LogP contribution in [0, 0.1) is 23.0 Å². The molecule has 0 aliphatic carbocycles. The minimum Gasteiger partial charge on any atom is -0.327 e. The van der Waals surface area contributed by atoms with Crippen LogP contribution in [0.4, 0.5) is 11.4 Å². The van der Waals surface area contributed by atoms with Gasteiger partial charge < -0.3 is 11.1 Å². The molecule has 0 aromatic heterocycles. The van der Waals surface area contributed by atoms with Gasteiger partial charge in [0.1, 0.15) is 0 Å². The van der Waals surface area contributed by atoms with E-state index in [2.05, 4.69) is 21.2 Å². The number of anilines is 1. The Morgan fingerprint density at radius 3 is 2.60 bits per heavy atom. The second kappa shape index (κ2) is 6.81. The van der Waals surface area contributed by atoms with Gasteiger partial charge in [-0.2, -0.15) is 0 Å². The van der Waals surface area contributed by atoms with E-state index in [0.29, 0.717) is 15.7 Å². The zero-order valence-corrected chi connectivity index (χ0v) is 13.2. The first-order valence-electron chi connectivity index (χ1n) is 6.22. The van der Waals surface area contributed by atoms with E-state index in [4.69, 9.17) is 5.73 Å². The topological polar surface area (TPSA) is 98.3 Å². The molecule has 1 unspecified atom stereocenters. The number of hydrogen-bond donors (Lipinski definition) is 2. The van der Waals surface area contributed by atoms with E-state index in [-0.39, 0.29) is 30.0 Å². The normalized spacial score (nSPS) is 12.3. The molecule has 20 heavy (non-hydrogen) atoms. The van der Waals surface area contributed by atoms with Crippen LogP contribution < -0.4 is 11.1 Å². The Hall–Kier alpha value is -1.47. The van der Waals surface area contributed by atoms with Crippen LogP contribution in [0.25, 0.3) is 0 Å². The van der Waals surface area contributed by atoms with Gasteiger partial charge in [0.25, 0.3) is 5.69 Å². The highest BCUT2D eigenvalue weighted by Crippen LogP contribution is 2.30. The lowest BCUT2D eigenvalue weighted by Gasteiger charge is -2.15. The number of aryl methyl sites for hydroxylation is 1. The maximum absolute atomic E-state index is 11.9. The van der Waals surface area contributed by atoms with Crippen molar-refractivity contribution in [3.63, 3.8) is 0 Å². The molecule has 1 aromatic carbocycles. The highest BCUT2D eigenvalue weighted by atomic mass is 79.9. The number of benzene rings is 1. The second-order valence-electron chi connectivity index (χ2n) is 5.04. The predicted molar refractivity (Wildman–Crippen MR) is 81.6 cm³/mol. The third-order valence-electron chi connectivity index (χ3n) is 3.03. The molecule has 1 amide bonds. The molecule has 1 aromatic rings. The lowest BCUT2D eigenvalue weighted by Crippen LogP contribution is -2.31. The second-order valence-corrected chi connectivity index (χ2v) is 5.89. The standard InChI is InChI=1S/C13H18BrN3O3/c1-7(2)10(15)5-13(18)16-11-6-12(17(19)20)8(3)4-9(11)14/h4,6-7,10H,5,15H2,1-3H3,(H,16,18). The summed E-state index contributed by atoms with van der Waals surface area (Å²) in [4.78, 5) is 22.3. The number of carbonyl (C=O) groups is 1. The van der Waals surface area contributed by atoms with Crippen molar-refractivity contribution in [3.8, 4) is 0 Å². The number of nitrogens with one attached hydrogen (secondary N) is 1. The molecule has 0 saturated carbocycles. The van der Waals surface area contributed by atoms with Crippen LogP contribution in [0.5, 0.6) is 0 Å². The third-order valence-corrected chi connectivity index (χ3v) is 3.69. The average molecular weight is 344 g/mol. The van der Waals surface area contributed by atoms with E-state index in [0.717, 1.165) is 0 Å². The Morgan fingerprint density at radius 2 is 2.10 bits per heavy atom. The van der Waals surface area contributed by atoms with E-state index < -0.39 is 4.92 Å². The van der Waals surface area contributed by atoms with Crippen molar-refractivity contribution in [2.75, 3.05) is 5.32 Å². The predicted octanol–water partition coefficient (Wildman–Crippen LogP) is 2.98. The molecule has 110 valence electrons. The number of nitrogens with two attached hydrogens (primary N) is 1. The minimum atomic E-state index is -0.475. The van der Waals surface area contributed by atoms with E-state index in [1.54, 1.807) is 13.0 Å². The fourth-order valence-electron chi connectivity index (χ4n) is 1.60. The molecule has 0 radical (unpaired) electrons. The Labute approximate surface area is 126 Å². The van der Waals surface area contributed by atoms with Gasteiger partial charge in [-0.3, -0.25) is 14.9 Å². The molecule has 1 atom stereocenters. The van der Waals surface area contributed by atoms with E-state index >= 15 is 0 Å². The van der Waals surface area contributed by atoms with Gasteiger partial charge in [-0.05, 0) is 34.8 Å². The summed E-state index contributed by atoms with van der Waals surface area (Å²) < 4.78 is 0.604. The molecular weight excluding hydrogens is 326 g/mol. The molecule has 3 N–H and O–H groups in total. The van der Waals surface area contributed by atoms with Crippen LogP contribution in [0.2, 0.25) is 0 Å². The summed E-state index contributed by atoms with van der Waals surface area (Å²) in [5, 5.41) is 13.5. The number of halogens is 1. The minimum absolute atomic E-state index is 0.0309. The van der Waals surface area contributed by atoms with Crippen LogP contribution in [0.1, 0.15) is 25.8 Å². The Bertz CT molecular complexity index is 532. The summed E-state index contributed by atoms with van der Waals surface area (Å²) in [7, 11) is 0. The number of nitro groups is 1. The maximum atomic E-state index is 11.9. The number of amides is 1. The van der Waals surface area contributed by atoms with E-state index in [1.165, 1.54) is 6.07 Å². The first kappa shape index (κ1) is 16.6. The fourth-order valence-corrected chi connectivity index (χ4v) is 2.16. The van der Waals surface area contributed by atoms with Crippen molar-refractivity contribution in [2.45, 2.75) is 33.2 Å². The maximum Gasteiger partial charge on any atom is 0.274 e. The van der Waals surface area contributed by atoms with Crippen LogP contribution >= 0.6 is 15.9 Å².